The summed E-state index contributed by atoms with van der Waals surface area (Å²) in [6.45, 7) is 4.05. The molecule has 2 aromatic rings. The van der Waals surface area contributed by atoms with Gasteiger partial charge >= 0.3 is 0 Å². The van der Waals surface area contributed by atoms with Crippen molar-refractivity contribution >= 4 is 17.7 Å². The first-order valence-corrected chi connectivity index (χ1v) is 10.2. The van der Waals surface area contributed by atoms with E-state index in [9.17, 15) is 14.4 Å². The maximum atomic E-state index is 12.9. The number of nitrogens with zero attached hydrogens (tertiary/aromatic N) is 3. The number of amides is 3. The second-order valence-corrected chi connectivity index (χ2v) is 7.59. The summed E-state index contributed by atoms with van der Waals surface area (Å²) in [6.07, 6.45) is 0. The van der Waals surface area contributed by atoms with Gasteiger partial charge in [0.15, 0.2) is 0 Å². The molecular formula is C23H25N3O5. The second-order valence-electron chi connectivity index (χ2n) is 7.59. The van der Waals surface area contributed by atoms with E-state index in [1.807, 2.05) is 24.3 Å². The summed E-state index contributed by atoms with van der Waals surface area (Å²) in [4.78, 5) is 42.2. The molecule has 2 heterocycles. The zero-order valence-electron chi connectivity index (χ0n) is 17.7. The molecule has 0 unspecified atom stereocenters. The number of methoxy groups -OCH3 is 1. The van der Waals surface area contributed by atoms with Gasteiger partial charge < -0.3 is 14.4 Å². The summed E-state index contributed by atoms with van der Waals surface area (Å²) < 4.78 is 10.9. The van der Waals surface area contributed by atoms with E-state index in [1.165, 1.54) is 13.1 Å². The number of carbonyl (C=O) groups is 3. The van der Waals surface area contributed by atoms with Crippen LogP contribution >= 0.6 is 0 Å². The van der Waals surface area contributed by atoms with Gasteiger partial charge in [0.2, 0.25) is 0 Å². The predicted molar refractivity (Wildman–Crippen MR) is 114 cm³/mol. The topological polar surface area (TPSA) is 79.4 Å². The molecular weight excluding hydrogens is 398 g/mol. The summed E-state index contributed by atoms with van der Waals surface area (Å²) in [5.41, 5.74) is 1.09. The molecule has 1 fully saturated rings. The maximum absolute atomic E-state index is 12.9. The zero-order chi connectivity index (χ0) is 22.0. The van der Waals surface area contributed by atoms with E-state index >= 15 is 0 Å². The van der Waals surface area contributed by atoms with Crippen LogP contribution in [0.4, 0.5) is 0 Å². The van der Waals surface area contributed by atoms with Crippen LogP contribution in [0, 0.1) is 0 Å². The van der Waals surface area contributed by atoms with Crippen LogP contribution in [0.25, 0.3) is 0 Å². The summed E-state index contributed by atoms with van der Waals surface area (Å²) >= 11 is 0. The Balaban J connectivity index is 1.27. The number of fused-ring (bicyclic) bond motifs is 1. The monoisotopic (exact) mass is 423 g/mol. The minimum Gasteiger partial charge on any atom is -0.497 e. The lowest BCUT2D eigenvalue weighted by Crippen LogP contribution is -2.49. The molecule has 1 saturated heterocycles. The molecule has 3 amide bonds. The SMILES string of the molecule is COc1ccc(OCCN2CCN(C(=O)c3ccc4c(c3)C(=O)N(C)C4=O)CC2)cc1. The summed E-state index contributed by atoms with van der Waals surface area (Å²) in [7, 11) is 3.08. The average Bonchev–Trinajstić information content (AvgIpc) is 3.03. The van der Waals surface area contributed by atoms with Crippen LogP contribution < -0.4 is 9.47 Å². The fourth-order valence-corrected chi connectivity index (χ4v) is 3.82. The molecule has 0 atom stereocenters. The Morgan fingerprint density at radius 2 is 1.55 bits per heavy atom. The first kappa shape index (κ1) is 20.9. The van der Waals surface area contributed by atoms with Gasteiger partial charge in [0.05, 0.1) is 18.2 Å². The molecule has 0 spiro atoms. The highest BCUT2D eigenvalue weighted by atomic mass is 16.5. The fraction of sp³-hybridized carbons (Fsp3) is 0.348. The maximum Gasteiger partial charge on any atom is 0.261 e. The Labute approximate surface area is 180 Å². The Bertz CT molecular complexity index is 997. The van der Waals surface area contributed by atoms with Crippen molar-refractivity contribution in [1.29, 1.82) is 0 Å². The highest BCUT2D eigenvalue weighted by molar-refractivity contribution is 6.21. The number of carbonyl (C=O) groups excluding carboxylic acids is 3. The van der Waals surface area contributed by atoms with Crippen molar-refractivity contribution in [3.05, 3.63) is 59.2 Å². The molecule has 4 rings (SSSR count). The van der Waals surface area contributed by atoms with E-state index in [2.05, 4.69) is 4.90 Å². The third-order valence-corrected chi connectivity index (χ3v) is 5.73. The van der Waals surface area contributed by atoms with Gasteiger partial charge in [-0.1, -0.05) is 0 Å². The third-order valence-electron chi connectivity index (χ3n) is 5.73. The smallest absolute Gasteiger partial charge is 0.261 e. The first-order chi connectivity index (χ1) is 15.0. The third kappa shape index (κ3) is 4.25. The van der Waals surface area contributed by atoms with Crippen molar-refractivity contribution in [3.63, 3.8) is 0 Å². The molecule has 0 bridgehead atoms. The number of benzene rings is 2. The van der Waals surface area contributed by atoms with Crippen LogP contribution in [-0.2, 0) is 0 Å². The highest BCUT2D eigenvalue weighted by Gasteiger charge is 2.33. The van der Waals surface area contributed by atoms with E-state index in [-0.39, 0.29) is 17.7 Å². The van der Waals surface area contributed by atoms with Gasteiger partial charge in [0.25, 0.3) is 17.7 Å². The van der Waals surface area contributed by atoms with Gasteiger partial charge in [-0.2, -0.15) is 0 Å². The van der Waals surface area contributed by atoms with Gasteiger partial charge in [-0.05, 0) is 42.5 Å². The predicted octanol–water partition coefficient (Wildman–Crippen LogP) is 1.76. The normalized spacial score (nSPS) is 16.5. The molecule has 2 aliphatic rings. The second kappa shape index (κ2) is 8.77. The average molecular weight is 423 g/mol. The van der Waals surface area contributed by atoms with Crippen LogP contribution in [0.1, 0.15) is 31.1 Å². The summed E-state index contributed by atoms with van der Waals surface area (Å²) in [6, 6.07) is 12.2. The largest absolute Gasteiger partial charge is 0.497 e. The highest BCUT2D eigenvalue weighted by Crippen LogP contribution is 2.23. The molecule has 2 aliphatic heterocycles. The first-order valence-electron chi connectivity index (χ1n) is 10.2. The number of ether oxygens (including phenoxy) is 2. The van der Waals surface area contributed by atoms with Gasteiger partial charge in [0.1, 0.15) is 18.1 Å². The van der Waals surface area contributed by atoms with Gasteiger partial charge in [-0.3, -0.25) is 24.2 Å². The quantitative estimate of drug-likeness (QED) is 0.659. The van der Waals surface area contributed by atoms with Crippen molar-refractivity contribution < 1.29 is 23.9 Å². The standard InChI is InChI=1S/C23H25N3O5/c1-24-22(28)19-8-3-16(15-20(19)23(24)29)21(27)26-11-9-25(10-12-26)13-14-31-18-6-4-17(30-2)5-7-18/h3-8,15H,9-14H2,1-2H3. The van der Waals surface area contributed by atoms with E-state index < -0.39 is 0 Å². The van der Waals surface area contributed by atoms with Gasteiger partial charge in [-0.15, -0.1) is 0 Å². The number of rotatable bonds is 6. The molecule has 0 aromatic heterocycles. The van der Waals surface area contributed by atoms with Crippen LogP contribution in [0.3, 0.4) is 0 Å². The van der Waals surface area contributed by atoms with Gasteiger partial charge in [0, 0.05) is 45.3 Å². The Morgan fingerprint density at radius 1 is 0.903 bits per heavy atom. The van der Waals surface area contributed by atoms with E-state index in [0.717, 1.165) is 36.0 Å². The Hall–Kier alpha value is -3.39. The van der Waals surface area contributed by atoms with Crippen molar-refractivity contribution in [2.75, 3.05) is 53.5 Å². The Morgan fingerprint density at radius 3 is 2.23 bits per heavy atom. The number of hydrogen-bond acceptors (Lipinski definition) is 6. The van der Waals surface area contributed by atoms with E-state index in [4.69, 9.17) is 9.47 Å². The molecule has 162 valence electrons. The lowest BCUT2D eigenvalue weighted by molar-refractivity contribution is 0.0619. The zero-order valence-corrected chi connectivity index (χ0v) is 17.7. The number of imide groups is 1. The van der Waals surface area contributed by atoms with E-state index in [1.54, 1.807) is 24.1 Å². The molecule has 0 radical (unpaired) electrons. The van der Waals surface area contributed by atoms with Crippen molar-refractivity contribution in [2.45, 2.75) is 0 Å². The van der Waals surface area contributed by atoms with Crippen LogP contribution in [0.2, 0.25) is 0 Å². The van der Waals surface area contributed by atoms with Crippen molar-refractivity contribution in [1.82, 2.24) is 14.7 Å². The van der Waals surface area contributed by atoms with Gasteiger partial charge in [-0.25, -0.2) is 0 Å². The van der Waals surface area contributed by atoms with Crippen LogP contribution in [0.5, 0.6) is 11.5 Å². The molecule has 0 aliphatic carbocycles. The molecule has 0 saturated carbocycles. The van der Waals surface area contributed by atoms with Crippen LogP contribution in [0.15, 0.2) is 42.5 Å². The fourth-order valence-electron chi connectivity index (χ4n) is 3.82. The lowest BCUT2D eigenvalue weighted by Gasteiger charge is -2.34. The van der Waals surface area contributed by atoms with Crippen molar-refractivity contribution in [3.8, 4) is 11.5 Å². The summed E-state index contributed by atoms with van der Waals surface area (Å²) in [5, 5.41) is 0. The number of hydrogen-bond donors (Lipinski definition) is 0. The molecule has 31 heavy (non-hydrogen) atoms. The summed E-state index contributed by atoms with van der Waals surface area (Å²) in [5.74, 6) is 0.775. The molecule has 2 aromatic carbocycles. The lowest BCUT2D eigenvalue weighted by atomic mass is 10.0. The Kier molecular flexibility index (Phi) is 5.90. The molecule has 0 N–H and O–H groups in total. The minimum absolute atomic E-state index is 0.119. The van der Waals surface area contributed by atoms with E-state index in [0.29, 0.717) is 36.4 Å². The number of piperazine rings is 1. The van der Waals surface area contributed by atoms with Crippen molar-refractivity contribution in [2.24, 2.45) is 0 Å². The minimum atomic E-state index is -0.365. The molecule has 8 nitrogen and oxygen atoms in total. The molecule has 8 heteroatoms. The van der Waals surface area contributed by atoms with Crippen LogP contribution in [-0.4, -0.2) is 85.9 Å².